The van der Waals surface area contributed by atoms with Gasteiger partial charge in [0.05, 0.1) is 10.7 Å². The predicted octanol–water partition coefficient (Wildman–Crippen LogP) is 3.12. The standard InChI is InChI=1S/C14H18Cl2N2O2/c1-9(2)14(20)17-6-7-18(10(3)19)13-8-11(15)4-5-12(13)16/h4-5,8-9H,6-7H2,1-3H3,(H,17,20). The number of nitrogens with zero attached hydrogens (tertiary/aromatic N) is 1. The van der Waals surface area contributed by atoms with Crippen LogP contribution in [0.25, 0.3) is 0 Å². The minimum Gasteiger partial charge on any atom is -0.354 e. The van der Waals surface area contributed by atoms with Crippen molar-refractivity contribution in [2.24, 2.45) is 5.92 Å². The van der Waals surface area contributed by atoms with E-state index < -0.39 is 0 Å². The quantitative estimate of drug-likeness (QED) is 0.907. The molecular weight excluding hydrogens is 299 g/mol. The fraction of sp³-hybridized carbons (Fsp3) is 0.429. The normalized spacial score (nSPS) is 10.5. The summed E-state index contributed by atoms with van der Waals surface area (Å²) in [6.45, 7) is 5.77. The van der Waals surface area contributed by atoms with E-state index in [9.17, 15) is 9.59 Å². The summed E-state index contributed by atoms with van der Waals surface area (Å²) in [5.41, 5.74) is 0.547. The summed E-state index contributed by atoms with van der Waals surface area (Å²) in [4.78, 5) is 24.7. The summed E-state index contributed by atoms with van der Waals surface area (Å²) in [6.07, 6.45) is 0. The second-order valence-corrected chi connectivity index (χ2v) is 5.56. The number of hydrogen-bond acceptors (Lipinski definition) is 2. The van der Waals surface area contributed by atoms with Crippen LogP contribution in [-0.4, -0.2) is 24.9 Å². The first-order valence-corrected chi connectivity index (χ1v) is 7.09. The molecule has 0 aromatic heterocycles. The number of carbonyl (C=O) groups is 2. The molecule has 0 saturated heterocycles. The molecule has 0 unspecified atom stereocenters. The molecule has 0 aliphatic rings. The van der Waals surface area contributed by atoms with Gasteiger partial charge in [-0.3, -0.25) is 9.59 Å². The van der Waals surface area contributed by atoms with Crippen LogP contribution < -0.4 is 10.2 Å². The maximum atomic E-state index is 11.7. The molecule has 1 N–H and O–H groups in total. The van der Waals surface area contributed by atoms with E-state index in [0.29, 0.717) is 28.8 Å². The Hall–Kier alpha value is -1.26. The molecule has 0 fully saturated rings. The lowest BCUT2D eigenvalue weighted by Crippen LogP contribution is -2.38. The van der Waals surface area contributed by atoms with E-state index in [1.165, 1.54) is 11.8 Å². The Kier molecular flexibility index (Phi) is 6.30. The first kappa shape index (κ1) is 16.8. The second kappa shape index (κ2) is 7.50. The van der Waals surface area contributed by atoms with Crippen LogP contribution in [0.15, 0.2) is 18.2 Å². The Balaban J connectivity index is 2.77. The van der Waals surface area contributed by atoms with Gasteiger partial charge in [0.25, 0.3) is 0 Å². The molecule has 0 heterocycles. The molecule has 0 aliphatic carbocycles. The molecule has 1 rings (SSSR count). The monoisotopic (exact) mass is 316 g/mol. The van der Waals surface area contributed by atoms with Crippen molar-refractivity contribution >= 4 is 40.7 Å². The van der Waals surface area contributed by atoms with Crippen LogP contribution in [0.3, 0.4) is 0 Å². The smallest absolute Gasteiger partial charge is 0.223 e. The third kappa shape index (κ3) is 4.69. The van der Waals surface area contributed by atoms with Crippen molar-refractivity contribution in [3.8, 4) is 0 Å². The number of benzene rings is 1. The predicted molar refractivity (Wildman–Crippen MR) is 82.3 cm³/mol. The highest BCUT2D eigenvalue weighted by molar-refractivity contribution is 6.35. The van der Waals surface area contributed by atoms with Crippen LogP contribution in [0, 0.1) is 5.92 Å². The van der Waals surface area contributed by atoms with Crippen molar-refractivity contribution in [1.29, 1.82) is 0 Å². The number of carbonyl (C=O) groups excluding carboxylic acids is 2. The summed E-state index contributed by atoms with van der Waals surface area (Å²) >= 11 is 12.0. The minimum absolute atomic E-state index is 0.0503. The van der Waals surface area contributed by atoms with Crippen molar-refractivity contribution in [2.75, 3.05) is 18.0 Å². The highest BCUT2D eigenvalue weighted by Crippen LogP contribution is 2.28. The number of hydrogen-bond donors (Lipinski definition) is 1. The van der Waals surface area contributed by atoms with Gasteiger partial charge >= 0.3 is 0 Å². The zero-order valence-corrected chi connectivity index (χ0v) is 13.3. The van der Waals surface area contributed by atoms with Gasteiger partial charge in [-0.15, -0.1) is 0 Å². The molecule has 0 radical (unpaired) electrons. The molecule has 0 atom stereocenters. The number of amides is 2. The van der Waals surface area contributed by atoms with Gasteiger partial charge in [0, 0.05) is 31.0 Å². The molecule has 1 aromatic rings. The Labute approximate surface area is 129 Å². The highest BCUT2D eigenvalue weighted by atomic mass is 35.5. The third-order valence-electron chi connectivity index (χ3n) is 2.74. The van der Waals surface area contributed by atoms with Gasteiger partial charge in [0.15, 0.2) is 0 Å². The first-order valence-electron chi connectivity index (χ1n) is 6.33. The van der Waals surface area contributed by atoms with Gasteiger partial charge in [-0.2, -0.15) is 0 Å². The Morgan fingerprint density at radius 3 is 2.50 bits per heavy atom. The molecule has 0 saturated carbocycles. The number of anilines is 1. The van der Waals surface area contributed by atoms with Crippen LogP contribution >= 0.6 is 23.2 Å². The average molecular weight is 317 g/mol. The summed E-state index contributed by atoms with van der Waals surface area (Å²) < 4.78 is 0. The van der Waals surface area contributed by atoms with Crippen molar-refractivity contribution in [3.63, 3.8) is 0 Å². The van der Waals surface area contributed by atoms with E-state index in [1.54, 1.807) is 18.2 Å². The van der Waals surface area contributed by atoms with Gasteiger partial charge in [-0.05, 0) is 18.2 Å². The lowest BCUT2D eigenvalue weighted by molar-refractivity contribution is -0.124. The zero-order chi connectivity index (χ0) is 15.3. The van der Waals surface area contributed by atoms with Crippen molar-refractivity contribution in [2.45, 2.75) is 20.8 Å². The van der Waals surface area contributed by atoms with Crippen LogP contribution in [0.5, 0.6) is 0 Å². The maximum absolute atomic E-state index is 11.7. The molecule has 0 spiro atoms. The van der Waals surface area contributed by atoms with Crippen LogP contribution in [0.2, 0.25) is 10.0 Å². The molecule has 6 heteroatoms. The van der Waals surface area contributed by atoms with Gasteiger partial charge < -0.3 is 10.2 Å². The molecule has 2 amide bonds. The molecule has 20 heavy (non-hydrogen) atoms. The summed E-state index contributed by atoms with van der Waals surface area (Å²) in [6, 6.07) is 4.93. The Morgan fingerprint density at radius 2 is 1.95 bits per heavy atom. The lowest BCUT2D eigenvalue weighted by atomic mass is 10.2. The van der Waals surface area contributed by atoms with Crippen molar-refractivity contribution in [3.05, 3.63) is 28.2 Å². The number of halogens is 2. The number of nitrogens with one attached hydrogen (secondary N) is 1. The number of rotatable bonds is 5. The van der Waals surface area contributed by atoms with Crippen LogP contribution in [0.1, 0.15) is 20.8 Å². The van der Waals surface area contributed by atoms with E-state index in [0.717, 1.165) is 0 Å². The Bertz CT molecular complexity index is 504. The van der Waals surface area contributed by atoms with E-state index in [4.69, 9.17) is 23.2 Å². The third-order valence-corrected chi connectivity index (χ3v) is 3.29. The van der Waals surface area contributed by atoms with E-state index in [2.05, 4.69) is 5.32 Å². The van der Waals surface area contributed by atoms with E-state index >= 15 is 0 Å². The molecule has 4 nitrogen and oxygen atoms in total. The summed E-state index contributed by atoms with van der Waals surface area (Å²) in [5.74, 6) is -0.297. The van der Waals surface area contributed by atoms with Crippen LogP contribution in [0.4, 0.5) is 5.69 Å². The van der Waals surface area contributed by atoms with E-state index in [-0.39, 0.29) is 17.7 Å². The SMILES string of the molecule is CC(=O)N(CCNC(=O)C(C)C)c1cc(Cl)ccc1Cl. The summed E-state index contributed by atoms with van der Waals surface area (Å²) in [7, 11) is 0. The molecule has 0 bridgehead atoms. The average Bonchev–Trinajstić information content (AvgIpc) is 2.37. The topological polar surface area (TPSA) is 49.4 Å². The fourth-order valence-corrected chi connectivity index (χ4v) is 2.02. The van der Waals surface area contributed by atoms with E-state index in [1.807, 2.05) is 13.8 Å². The highest BCUT2D eigenvalue weighted by Gasteiger charge is 2.15. The van der Waals surface area contributed by atoms with Gasteiger partial charge in [-0.1, -0.05) is 37.0 Å². The maximum Gasteiger partial charge on any atom is 0.223 e. The summed E-state index contributed by atoms with van der Waals surface area (Å²) in [5, 5.41) is 3.71. The Morgan fingerprint density at radius 1 is 1.30 bits per heavy atom. The van der Waals surface area contributed by atoms with Gasteiger partial charge in [-0.25, -0.2) is 0 Å². The molecule has 110 valence electrons. The van der Waals surface area contributed by atoms with Gasteiger partial charge in [0.1, 0.15) is 0 Å². The van der Waals surface area contributed by atoms with Crippen molar-refractivity contribution < 1.29 is 9.59 Å². The van der Waals surface area contributed by atoms with Crippen LogP contribution in [-0.2, 0) is 9.59 Å². The largest absolute Gasteiger partial charge is 0.354 e. The fourth-order valence-electron chi connectivity index (χ4n) is 1.64. The van der Waals surface area contributed by atoms with Gasteiger partial charge in [0.2, 0.25) is 11.8 Å². The molecular formula is C14H18Cl2N2O2. The molecule has 0 aliphatic heterocycles. The minimum atomic E-state index is -0.159. The zero-order valence-electron chi connectivity index (χ0n) is 11.7. The van der Waals surface area contributed by atoms with Crippen molar-refractivity contribution in [1.82, 2.24) is 5.32 Å². The second-order valence-electron chi connectivity index (χ2n) is 4.71. The first-order chi connectivity index (χ1) is 9.32. The molecule has 1 aromatic carbocycles. The lowest BCUT2D eigenvalue weighted by Gasteiger charge is -2.23.